The monoisotopic (exact) mass is 755 g/mol. The van der Waals surface area contributed by atoms with E-state index in [1.807, 2.05) is 0 Å². The Labute approximate surface area is 319 Å². The van der Waals surface area contributed by atoms with E-state index in [0.29, 0.717) is 6.42 Å². The van der Waals surface area contributed by atoms with Crippen molar-refractivity contribution in [3.63, 3.8) is 0 Å². The highest BCUT2D eigenvalue weighted by Gasteiger charge is 2.24. The normalized spacial score (nSPS) is 13.7. The molecule has 9 heteroatoms. The van der Waals surface area contributed by atoms with E-state index >= 15 is 0 Å². The van der Waals surface area contributed by atoms with Crippen LogP contribution in [-0.4, -0.2) is 43.3 Å². The van der Waals surface area contributed by atoms with E-state index in [0.717, 1.165) is 64.9 Å². The van der Waals surface area contributed by atoms with Crippen LogP contribution in [0.5, 0.6) is 0 Å². The fourth-order valence-corrected chi connectivity index (χ4v) is 6.26. The summed E-state index contributed by atoms with van der Waals surface area (Å²) in [7, 11) is -3.21. The number of carbonyl (C=O) groups is 2. The Hall–Kier alpha value is -1.73. The van der Waals surface area contributed by atoms with Gasteiger partial charge in [0, 0.05) is 20.0 Å². The van der Waals surface area contributed by atoms with Gasteiger partial charge in [0.1, 0.15) is 6.61 Å². The van der Waals surface area contributed by atoms with Gasteiger partial charge in [0.05, 0.1) is 6.61 Å². The molecule has 0 aliphatic rings. The van der Waals surface area contributed by atoms with Gasteiger partial charge in [-0.25, -0.2) is 4.57 Å². The molecule has 8 nitrogen and oxygen atoms in total. The fourth-order valence-electron chi connectivity index (χ4n) is 5.80. The molecule has 0 bridgehead atoms. The Kier molecular flexibility index (Phi) is 37.7. The van der Waals surface area contributed by atoms with Crippen LogP contribution >= 0.6 is 7.82 Å². The molecule has 0 radical (unpaired) electrons. The number of phosphoric ester groups is 1. The molecule has 0 aromatic rings. The second-order valence-electron chi connectivity index (χ2n) is 14.1. The van der Waals surface area contributed by atoms with Crippen LogP contribution < -0.4 is 0 Å². The summed E-state index contributed by atoms with van der Waals surface area (Å²) in [6.45, 7) is 3.85. The molecule has 0 saturated carbocycles. The van der Waals surface area contributed by atoms with E-state index in [-0.39, 0.29) is 25.4 Å². The van der Waals surface area contributed by atoms with Crippen LogP contribution in [0.25, 0.3) is 0 Å². The van der Waals surface area contributed by atoms with E-state index in [1.54, 1.807) is 0 Å². The first-order valence-electron chi connectivity index (χ1n) is 21.2. The number of ether oxygens (including phenoxy) is 2. The number of hydrogen-bond acceptors (Lipinski definition) is 7. The Morgan fingerprint density at radius 1 is 0.538 bits per heavy atom. The average Bonchev–Trinajstić information content (AvgIpc) is 3.13. The number of hydrogen-bond donors (Lipinski definition) is 1. The number of phosphoric acid groups is 1. The molecule has 0 saturated heterocycles. The largest absolute Gasteiger partial charge is 0.472 e. The van der Waals surface area contributed by atoms with Crippen molar-refractivity contribution in [3.05, 3.63) is 36.5 Å². The summed E-state index contributed by atoms with van der Waals surface area (Å²) in [6.07, 6.45) is 44.8. The summed E-state index contributed by atoms with van der Waals surface area (Å²) in [5, 5.41) is 0. The molecule has 2 atom stereocenters. The molecule has 52 heavy (non-hydrogen) atoms. The van der Waals surface area contributed by atoms with Gasteiger partial charge in [-0.05, 0) is 70.6 Å². The first-order valence-corrected chi connectivity index (χ1v) is 22.7. The first-order chi connectivity index (χ1) is 25.3. The molecule has 0 aliphatic carbocycles. The third-order valence-electron chi connectivity index (χ3n) is 9.11. The van der Waals surface area contributed by atoms with Crippen LogP contribution in [0.4, 0.5) is 0 Å². The van der Waals surface area contributed by atoms with Crippen molar-refractivity contribution in [3.8, 4) is 0 Å². The fraction of sp³-hybridized carbons (Fsp3) is 0.814. The number of esters is 2. The van der Waals surface area contributed by atoms with E-state index in [9.17, 15) is 19.0 Å². The Balaban J connectivity index is 4.02. The lowest BCUT2D eigenvalue weighted by Gasteiger charge is -2.19. The third kappa shape index (κ3) is 38.0. The summed E-state index contributed by atoms with van der Waals surface area (Å²) in [5.74, 6) is -0.822. The zero-order valence-electron chi connectivity index (χ0n) is 33.7. The highest BCUT2D eigenvalue weighted by molar-refractivity contribution is 7.47. The molecule has 0 aromatic heterocycles. The van der Waals surface area contributed by atoms with E-state index < -0.39 is 26.5 Å². The minimum Gasteiger partial charge on any atom is -0.462 e. The predicted octanol–water partition coefficient (Wildman–Crippen LogP) is 13.2. The zero-order valence-corrected chi connectivity index (χ0v) is 34.6. The van der Waals surface area contributed by atoms with Crippen LogP contribution in [0, 0.1) is 0 Å². The number of allylic oxidation sites excluding steroid dienone is 6. The summed E-state index contributed by atoms with van der Waals surface area (Å²) < 4.78 is 31.9. The molecule has 0 rings (SSSR count). The summed E-state index contributed by atoms with van der Waals surface area (Å²) >= 11 is 0. The van der Waals surface area contributed by atoms with E-state index in [2.05, 4.69) is 54.8 Å². The van der Waals surface area contributed by atoms with Crippen molar-refractivity contribution in [1.82, 2.24) is 0 Å². The SMILES string of the molecule is CCCCC/C=C\C/C=C\CCCCCCCC(=O)OC(COC(=O)CCCCCCCCC/C=C\CCCCCCCCC)COP(=O)(O)OC. The number of carbonyl (C=O) groups excluding carboxylic acids is 2. The van der Waals surface area contributed by atoms with Gasteiger partial charge in [0.2, 0.25) is 0 Å². The number of rotatable bonds is 39. The third-order valence-corrected chi connectivity index (χ3v) is 10.0. The molecule has 2 unspecified atom stereocenters. The standard InChI is InChI=1S/C43H79O8P/c1-4-6-8-10-12-14-16-18-20-21-22-24-25-27-29-31-33-35-37-42(44)49-39-41(40-50-52(46,47)48-3)51-43(45)38-36-34-32-30-28-26-23-19-17-15-13-11-9-7-5-2/h13,15,19-21,23,41H,4-12,14,16-18,22,24-40H2,1-3H3,(H,46,47)/b15-13-,21-20-,23-19-. The van der Waals surface area contributed by atoms with E-state index in [1.165, 1.54) is 109 Å². The smallest absolute Gasteiger partial charge is 0.462 e. The molecule has 0 heterocycles. The summed E-state index contributed by atoms with van der Waals surface area (Å²) in [6, 6.07) is 0. The van der Waals surface area contributed by atoms with Crippen LogP contribution in [0.2, 0.25) is 0 Å². The highest BCUT2D eigenvalue weighted by atomic mass is 31.2. The van der Waals surface area contributed by atoms with Crippen LogP contribution in [0.1, 0.15) is 200 Å². The van der Waals surface area contributed by atoms with Gasteiger partial charge in [0.25, 0.3) is 0 Å². The minimum atomic E-state index is -4.26. The van der Waals surface area contributed by atoms with Crippen molar-refractivity contribution in [2.75, 3.05) is 20.3 Å². The summed E-state index contributed by atoms with van der Waals surface area (Å²) in [4.78, 5) is 34.4. The second-order valence-corrected chi connectivity index (χ2v) is 15.7. The topological polar surface area (TPSA) is 108 Å². The van der Waals surface area contributed by atoms with Gasteiger partial charge in [0.15, 0.2) is 6.10 Å². The Bertz CT molecular complexity index is 947. The van der Waals surface area contributed by atoms with Crippen LogP contribution in [0.15, 0.2) is 36.5 Å². The van der Waals surface area contributed by atoms with Gasteiger partial charge in [-0.2, -0.15) is 0 Å². The molecular formula is C43H79O8P. The van der Waals surface area contributed by atoms with Crippen LogP contribution in [-0.2, 0) is 32.7 Å². The molecule has 304 valence electrons. The quantitative estimate of drug-likeness (QED) is 0.0286. The molecule has 0 aromatic carbocycles. The molecule has 0 aliphatic heterocycles. The first kappa shape index (κ1) is 50.3. The van der Waals surface area contributed by atoms with Crippen LogP contribution in [0.3, 0.4) is 0 Å². The zero-order chi connectivity index (χ0) is 38.2. The Morgan fingerprint density at radius 2 is 0.923 bits per heavy atom. The van der Waals surface area contributed by atoms with Crippen molar-refractivity contribution in [2.24, 2.45) is 0 Å². The average molecular weight is 755 g/mol. The second kappa shape index (κ2) is 39.0. The molecule has 0 fully saturated rings. The van der Waals surface area contributed by atoms with Crippen molar-refractivity contribution < 1.29 is 37.6 Å². The predicted molar refractivity (Wildman–Crippen MR) is 216 cm³/mol. The maximum atomic E-state index is 12.5. The molecule has 0 spiro atoms. The van der Waals surface area contributed by atoms with Crippen molar-refractivity contribution >= 4 is 19.8 Å². The molecule has 0 amide bonds. The van der Waals surface area contributed by atoms with Crippen molar-refractivity contribution in [1.29, 1.82) is 0 Å². The van der Waals surface area contributed by atoms with Gasteiger partial charge in [-0.3, -0.25) is 18.6 Å². The van der Waals surface area contributed by atoms with Crippen molar-refractivity contribution in [2.45, 2.75) is 206 Å². The van der Waals surface area contributed by atoms with E-state index in [4.69, 9.17) is 14.0 Å². The highest BCUT2D eigenvalue weighted by Crippen LogP contribution is 2.42. The number of unbranched alkanes of at least 4 members (excludes halogenated alkanes) is 22. The Morgan fingerprint density at radius 3 is 1.40 bits per heavy atom. The van der Waals surface area contributed by atoms with Gasteiger partial charge in [-0.15, -0.1) is 0 Å². The lowest BCUT2D eigenvalue weighted by molar-refractivity contribution is -0.161. The maximum absolute atomic E-state index is 12.5. The summed E-state index contributed by atoms with van der Waals surface area (Å²) in [5.41, 5.74) is 0. The lowest BCUT2D eigenvalue weighted by Crippen LogP contribution is -2.29. The minimum absolute atomic E-state index is 0.228. The maximum Gasteiger partial charge on any atom is 0.472 e. The van der Waals surface area contributed by atoms with Gasteiger partial charge < -0.3 is 14.4 Å². The lowest BCUT2D eigenvalue weighted by atomic mass is 10.1. The molecular weight excluding hydrogens is 675 g/mol. The van der Waals surface area contributed by atoms with Gasteiger partial charge in [-0.1, -0.05) is 153 Å². The molecule has 1 N–H and O–H groups in total. The van der Waals surface area contributed by atoms with Gasteiger partial charge >= 0.3 is 19.8 Å².